The summed E-state index contributed by atoms with van der Waals surface area (Å²) in [5.74, 6) is -0.0768. The van der Waals surface area contributed by atoms with Crippen LogP contribution in [0.15, 0.2) is 73.1 Å². The molecule has 0 saturated heterocycles. The quantitative estimate of drug-likeness (QED) is 0.363. The van der Waals surface area contributed by atoms with E-state index in [2.05, 4.69) is 15.0 Å². The normalized spacial score (nSPS) is 12.2. The lowest BCUT2D eigenvalue weighted by molar-refractivity contribution is -0.274. The standard InChI is InChI=1S/C21H13F6N3O/c22-20(23,24)14-4-2-5-15(12-14)29-19-18-8-7-17(30(18)10-9-28-19)13-3-1-6-16(11-13)31-21(25,26)27/h1-12H,(H,28,29). The number of anilines is 2. The molecule has 2 heterocycles. The van der Waals surface area contributed by atoms with Gasteiger partial charge in [0.25, 0.3) is 0 Å². The number of hydrogen-bond acceptors (Lipinski definition) is 3. The number of alkyl halides is 6. The molecule has 0 spiro atoms. The number of aromatic nitrogens is 2. The lowest BCUT2D eigenvalue weighted by Crippen LogP contribution is -2.17. The van der Waals surface area contributed by atoms with Gasteiger partial charge < -0.3 is 14.5 Å². The molecule has 4 aromatic rings. The molecule has 1 N–H and O–H groups in total. The van der Waals surface area contributed by atoms with Gasteiger partial charge in [0.2, 0.25) is 0 Å². The fourth-order valence-electron chi connectivity index (χ4n) is 3.14. The third-order valence-corrected chi connectivity index (χ3v) is 4.40. The van der Waals surface area contributed by atoms with Gasteiger partial charge in [-0.15, -0.1) is 13.2 Å². The van der Waals surface area contributed by atoms with Gasteiger partial charge in [-0.05, 0) is 42.5 Å². The van der Waals surface area contributed by atoms with E-state index in [4.69, 9.17) is 0 Å². The summed E-state index contributed by atoms with van der Waals surface area (Å²) in [6, 6.07) is 13.5. The molecule has 10 heteroatoms. The minimum Gasteiger partial charge on any atom is -0.406 e. The summed E-state index contributed by atoms with van der Waals surface area (Å²) >= 11 is 0. The van der Waals surface area contributed by atoms with Gasteiger partial charge in [0.1, 0.15) is 5.75 Å². The Morgan fingerprint density at radius 3 is 2.39 bits per heavy atom. The monoisotopic (exact) mass is 437 g/mol. The SMILES string of the molecule is FC(F)(F)Oc1cccc(-c2ccc3c(Nc4cccc(C(F)(F)F)c4)nccn23)c1. The predicted octanol–water partition coefficient (Wildman–Crippen LogP) is 6.66. The molecule has 4 rings (SSSR count). The van der Waals surface area contributed by atoms with Crippen LogP contribution in [0, 0.1) is 0 Å². The molecule has 160 valence electrons. The van der Waals surface area contributed by atoms with Crippen molar-refractivity contribution in [2.75, 3.05) is 5.32 Å². The van der Waals surface area contributed by atoms with Crippen LogP contribution < -0.4 is 10.1 Å². The molecule has 4 nitrogen and oxygen atoms in total. The highest BCUT2D eigenvalue weighted by Gasteiger charge is 2.31. The summed E-state index contributed by atoms with van der Waals surface area (Å²) in [6.45, 7) is 0. The van der Waals surface area contributed by atoms with Crippen LogP contribution in [0.25, 0.3) is 16.8 Å². The van der Waals surface area contributed by atoms with Crippen LogP contribution in [0.4, 0.5) is 37.8 Å². The first-order valence-corrected chi connectivity index (χ1v) is 8.87. The molecule has 0 bridgehead atoms. The van der Waals surface area contributed by atoms with Crippen molar-refractivity contribution in [3.8, 4) is 17.0 Å². The van der Waals surface area contributed by atoms with E-state index in [0.29, 0.717) is 16.8 Å². The fourth-order valence-corrected chi connectivity index (χ4v) is 3.14. The molecule has 0 amide bonds. The molecule has 0 fully saturated rings. The molecule has 2 aromatic carbocycles. The van der Waals surface area contributed by atoms with E-state index in [-0.39, 0.29) is 17.3 Å². The molecular weight excluding hydrogens is 424 g/mol. The van der Waals surface area contributed by atoms with Crippen LogP contribution in [0.2, 0.25) is 0 Å². The lowest BCUT2D eigenvalue weighted by atomic mass is 10.1. The van der Waals surface area contributed by atoms with Crippen LogP contribution in [-0.4, -0.2) is 15.7 Å². The van der Waals surface area contributed by atoms with Crippen molar-refractivity contribution in [3.05, 3.63) is 78.6 Å². The number of ether oxygens (including phenoxy) is 1. The second kappa shape index (κ2) is 7.53. The molecule has 0 saturated carbocycles. The first-order chi connectivity index (χ1) is 14.6. The maximum Gasteiger partial charge on any atom is 0.573 e. The van der Waals surface area contributed by atoms with E-state index in [1.54, 1.807) is 28.8 Å². The van der Waals surface area contributed by atoms with Gasteiger partial charge in [0.15, 0.2) is 5.82 Å². The van der Waals surface area contributed by atoms with Crippen LogP contribution in [0.3, 0.4) is 0 Å². The summed E-state index contributed by atoms with van der Waals surface area (Å²) in [5, 5.41) is 2.86. The lowest BCUT2D eigenvalue weighted by Gasteiger charge is -2.12. The van der Waals surface area contributed by atoms with E-state index < -0.39 is 18.1 Å². The molecule has 0 aliphatic heterocycles. The summed E-state index contributed by atoms with van der Waals surface area (Å²) in [4.78, 5) is 4.18. The molecule has 0 unspecified atom stereocenters. The average molecular weight is 437 g/mol. The fraction of sp³-hybridized carbons (Fsp3) is 0.0952. The number of nitrogens with zero attached hydrogens (tertiary/aromatic N) is 2. The Hall–Kier alpha value is -3.69. The predicted molar refractivity (Wildman–Crippen MR) is 102 cm³/mol. The zero-order chi connectivity index (χ0) is 22.2. The van der Waals surface area contributed by atoms with Crippen molar-refractivity contribution >= 4 is 17.0 Å². The Kier molecular flexibility index (Phi) is 5.00. The van der Waals surface area contributed by atoms with E-state index in [0.717, 1.165) is 12.1 Å². The van der Waals surface area contributed by atoms with Crippen molar-refractivity contribution in [3.63, 3.8) is 0 Å². The molecule has 0 radical (unpaired) electrons. The van der Waals surface area contributed by atoms with Gasteiger partial charge in [0, 0.05) is 23.6 Å². The maximum absolute atomic E-state index is 13.0. The van der Waals surface area contributed by atoms with E-state index in [1.165, 1.54) is 36.5 Å². The number of benzene rings is 2. The molecule has 2 aromatic heterocycles. The van der Waals surface area contributed by atoms with Crippen molar-refractivity contribution < 1.29 is 31.1 Å². The van der Waals surface area contributed by atoms with Crippen molar-refractivity contribution in [2.24, 2.45) is 0 Å². The highest BCUT2D eigenvalue weighted by molar-refractivity contribution is 5.78. The van der Waals surface area contributed by atoms with E-state index >= 15 is 0 Å². The summed E-state index contributed by atoms with van der Waals surface area (Å²) in [6.07, 6.45) is -6.27. The first-order valence-electron chi connectivity index (χ1n) is 8.87. The van der Waals surface area contributed by atoms with Crippen LogP contribution in [0.5, 0.6) is 5.75 Å². The van der Waals surface area contributed by atoms with Gasteiger partial charge in [-0.2, -0.15) is 13.2 Å². The minimum atomic E-state index is -4.81. The second-order valence-electron chi connectivity index (χ2n) is 6.53. The van der Waals surface area contributed by atoms with Crippen LogP contribution >= 0.6 is 0 Å². The zero-order valence-electron chi connectivity index (χ0n) is 15.5. The molecule has 31 heavy (non-hydrogen) atoms. The molecule has 0 aliphatic rings. The highest BCUT2D eigenvalue weighted by atomic mass is 19.4. The smallest absolute Gasteiger partial charge is 0.406 e. The Morgan fingerprint density at radius 2 is 1.65 bits per heavy atom. The first kappa shape index (κ1) is 20.6. The van der Waals surface area contributed by atoms with Gasteiger partial charge in [-0.25, -0.2) is 4.98 Å². The van der Waals surface area contributed by atoms with Gasteiger partial charge in [-0.1, -0.05) is 18.2 Å². The van der Waals surface area contributed by atoms with Crippen molar-refractivity contribution in [2.45, 2.75) is 12.5 Å². The Balaban J connectivity index is 1.69. The third-order valence-electron chi connectivity index (χ3n) is 4.40. The Bertz CT molecular complexity index is 1230. The van der Waals surface area contributed by atoms with Crippen molar-refractivity contribution in [1.29, 1.82) is 0 Å². The number of halogens is 6. The summed E-state index contributed by atoms with van der Waals surface area (Å²) < 4.78 is 82.1. The molecule has 0 aliphatic carbocycles. The molecule has 0 atom stereocenters. The Morgan fingerprint density at radius 1 is 0.871 bits per heavy atom. The van der Waals surface area contributed by atoms with Gasteiger partial charge in [-0.3, -0.25) is 0 Å². The van der Waals surface area contributed by atoms with Crippen LogP contribution in [-0.2, 0) is 6.18 Å². The number of rotatable bonds is 4. The third kappa shape index (κ3) is 4.57. The summed E-state index contributed by atoms with van der Waals surface area (Å²) in [7, 11) is 0. The number of hydrogen-bond donors (Lipinski definition) is 1. The Labute approximate surface area is 171 Å². The highest BCUT2D eigenvalue weighted by Crippen LogP contribution is 2.33. The van der Waals surface area contributed by atoms with Crippen molar-refractivity contribution in [1.82, 2.24) is 9.38 Å². The number of fused-ring (bicyclic) bond motifs is 1. The largest absolute Gasteiger partial charge is 0.573 e. The van der Waals surface area contributed by atoms with E-state index in [1.807, 2.05) is 0 Å². The van der Waals surface area contributed by atoms with Gasteiger partial charge >= 0.3 is 12.5 Å². The van der Waals surface area contributed by atoms with E-state index in [9.17, 15) is 26.3 Å². The second-order valence-corrected chi connectivity index (χ2v) is 6.53. The average Bonchev–Trinajstić information content (AvgIpc) is 3.12. The topological polar surface area (TPSA) is 38.6 Å². The van der Waals surface area contributed by atoms with Gasteiger partial charge in [0.05, 0.1) is 16.8 Å². The number of nitrogens with one attached hydrogen (secondary N) is 1. The maximum atomic E-state index is 13.0. The van der Waals surface area contributed by atoms with Crippen LogP contribution in [0.1, 0.15) is 5.56 Å². The zero-order valence-corrected chi connectivity index (χ0v) is 15.5. The molecular formula is C21H13F6N3O. The summed E-state index contributed by atoms with van der Waals surface area (Å²) in [5.41, 5.74) is 0.924. The minimum absolute atomic E-state index is 0.193.